The second-order valence-corrected chi connectivity index (χ2v) is 12.7. The van der Waals surface area contributed by atoms with Gasteiger partial charge in [0.15, 0.2) is 0 Å². The molecule has 0 amide bonds. The van der Waals surface area contributed by atoms with E-state index in [1.54, 1.807) is 0 Å². The highest BCUT2D eigenvalue weighted by Gasteiger charge is 2.52. The third-order valence-electron chi connectivity index (χ3n) is 4.48. The lowest BCUT2D eigenvalue weighted by Crippen LogP contribution is -2.68. The lowest BCUT2D eigenvalue weighted by atomic mass is 10.2. The Hall–Kier alpha value is -1.59. The number of rotatable bonds is 4. The summed E-state index contributed by atoms with van der Waals surface area (Å²) in [6.07, 6.45) is 0. The molecule has 0 aromatic heterocycles. The molecule has 1 nitrogen and oxygen atoms in total. The summed E-state index contributed by atoms with van der Waals surface area (Å²) in [4.78, 5) is 0. The fourth-order valence-corrected chi connectivity index (χ4v) is 8.28. The number of hydrogen-bond donors (Lipinski definition) is 0. The molecule has 0 fully saturated rings. The smallest absolute Gasteiger partial charge is 0.319 e. The van der Waals surface area contributed by atoms with Crippen molar-refractivity contribution in [3.63, 3.8) is 0 Å². The minimum Gasteiger partial charge on any atom is -0.534 e. The van der Waals surface area contributed by atoms with Gasteiger partial charge >= 0.3 is 8.32 Å². The van der Waals surface area contributed by atoms with Gasteiger partial charge in [-0.05, 0) is 56.2 Å². The largest absolute Gasteiger partial charge is 0.534 e. The molecule has 0 aliphatic rings. The zero-order valence-corrected chi connectivity index (χ0v) is 18.0. The topological polar surface area (TPSA) is 9.23 Å². The molecule has 0 N–H and O–H groups in total. The lowest BCUT2D eigenvalue weighted by molar-refractivity contribution is 0.508. The maximum atomic E-state index is 6.95. The van der Waals surface area contributed by atoms with Crippen LogP contribution in [0.25, 0.3) is 0 Å². The van der Waals surface area contributed by atoms with E-state index in [1.807, 2.05) is 0 Å². The third kappa shape index (κ3) is 3.67. The van der Waals surface area contributed by atoms with Crippen molar-refractivity contribution in [2.75, 3.05) is 0 Å². The van der Waals surface area contributed by atoms with E-state index in [0.29, 0.717) is 0 Å². The molecule has 0 saturated heterocycles. The number of benzene rings is 3. The van der Waals surface area contributed by atoms with E-state index in [-0.39, 0.29) is 5.04 Å². The van der Waals surface area contributed by atoms with Crippen LogP contribution in [-0.4, -0.2) is 8.32 Å². The van der Waals surface area contributed by atoms with Crippen LogP contribution in [0.4, 0.5) is 0 Å². The van der Waals surface area contributed by atoms with E-state index in [1.165, 1.54) is 13.9 Å². The second-order valence-electron chi connectivity index (χ2n) is 7.22. The molecule has 128 valence electrons. The van der Waals surface area contributed by atoms with Crippen LogP contribution in [-0.2, 0) is 0 Å². The van der Waals surface area contributed by atoms with Crippen molar-refractivity contribution in [1.29, 1.82) is 0 Å². The molecule has 3 aromatic carbocycles. The molecule has 0 saturated carbocycles. The monoisotopic (exact) mass is 458 g/mol. The first kappa shape index (κ1) is 18.2. The van der Waals surface area contributed by atoms with Crippen LogP contribution in [0.3, 0.4) is 0 Å². The number of hydrogen-bond acceptors (Lipinski definition) is 1. The summed E-state index contributed by atoms with van der Waals surface area (Å²) in [7, 11) is -2.52. The predicted molar refractivity (Wildman–Crippen MR) is 117 cm³/mol. The minimum absolute atomic E-state index is 0.0169. The van der Waals surface area contributed by atoms with Gasteiger partial charge in [0.1, 0.15) is 5.75 Å². The lowest BCUT2D eigenvalue weighted by Gasteiger charge is -2.43. The van der Waals surface area contributed by atoms with Gasteiger partial charge < -0.3 is 4.43 Å². The van der Waals surface area contributed by atoms with Gasteiger partial charge in [-0.15, -0.1) is 0 Å². The van der Waals surface area contributed by atoms with Gasteiger partial charge in [0.2, 0.25) is 0 Å². The molecule has 0 heterocycles. The Balaban J connectivity index is 2.26. The van der Waals surface area contributed by atoms with Crippen molar-refractivity contribution in [1.82, 2.24) is 0 Å². The Bertz CT molecular complexity index is 786. The van der Waals surface area contributed by atoms with E-state index in [4.69, 9.17) is 4.43 Å². The first-order valence-corrected chi connectivity index (χ1v) is 11.5. The summed E-state index contributed by atoms with van der Waals surface area (Å²) >= 11 is 2.34. The van der Waals surface area contributed by atoms with Crippen molar-refractivity contribution in [3.05, 3.63) is 88.5 Å². The Morgan fingerprint density at radius 2 is 1.24 bits per heavy atom. The van der Waals surface area contributed by atoms with Crippen LogP contribution in [0.15, 0.2) is 84.9 Å². The molecule has 3 aromatic rings. The highest BCUT2D eigenvalue weighted by molar-refractivity contribution is 14.1. The minimum atomic E-state index is -2.52. The first-order valence-electron chi connectivity index (χ1n) is 8.49. The predicted octanol–water partition coefficient (Wildman–Crippen LogP) is 5.23. The standard InChI is InChI=1S/C22H23IOSi/c1-22(2,3)25(20-13-6-4-7-14-20,21-15-8-5-9-16-21)24-19-12-10-11-18(23)17-19/h4-17H,1-3H3. The average molecular weight is 458 g/mol. The zero-order chi connectivity index (χ0) is 17.9. The van der Waals surface area contributed by atoms with Crippen molar-refractivity contribution < 1.29 is 4.43 Å². The van der Waals surface area contributed by atoms with Gasteiger partial charge in [-0.2, -0.15) is 0 Å². The summed E-state index contributed by atoms with van der Waals surface area (Å²) in [5, 5.41) is 2.58. The highest BCUT2D eigenvalue weighted by Crippen LogP contribution is 2.37. The van der Waals surface area contributed by atoms with Crippen LogP contribution in [0.1, 0.15) is 20.8 Å². The van der Waals surface area contributed by atoms with Crippen LogP contribution in [0, 0.1) is 3.57 Å². The fraction of sp³-hybridized carbons (Fsp3) is 0.182. The molecule has 0 atom stereocenters. The Morgan fingerprint density at radius 1 is 0.720 bits per heavy atom. The average Bonchev–Trinajstić information content (AvgIpc) is 2.60. The van der Waals surface area contributed by atoms with Crippen LogP contribution in [0.5, 0.6) is 5.75 Å². The Kier molecular flexibility index (Phi) is 5.34. The van der Waals surface area contributed by atoms with Crippen molar-refractivity contribution >= 4 is 41.3 Å². The summed E-state index contributed by atoms with van der Waals surface area (Å²) in [5.74, 6) is 0.946. The maximum Gasteiger partial charge on any atom is 0.319 e. The van der Waals surface area contributed by atoms with E-state index in [9.17, 15) is 0 Å². The fourth-order valence-electron chi connectivity index (χ4n) is 3.36. The van der Waals surface area contributed by atoms with Gasteiger partial charge in [0.25, 0.3) is 0 Å². The van der Waals surface area contributed by atoms with E-state index in [0.717, 1.165) is 5.75 Å². The first-order chi connectivity index (χ1) is 11.9. The Labute approximate surface area is 165 Å². The molecule has 0 bridgehead atoms. The molecule has 0 aliphatic heterocycles. The van der Waals surface area contributed by atoms with Gasteiger partial charge in [-0.25, -0.2) is 0 Å². The molecular weight excluding hydrogens is 435 g/mol. The van der Waals surface area contributed by atoms with Gasteiger partial charge in [0, 0.05) is 3.57 Å². The molecule has 3 rings (SSSR count). The van der Waals surface area contributed by atoms with Crippen molar-refractivity contribution in [2.24, 2.45) is 0 Å². The molecule has 0 unspecified atom stereocenters. The number of halogens is 1. The SMILES string of the molecule is CC(C)(C)[Si](Oc1cccc(I)c1)(c1ccccc1)c1ccccc1. The van der Waals surface area contributed by atoms with E-state index >= 15 is 0 Å². The maximum absolute atomic E-state index is 6.95. The quantitative estimate of drug-likeness (QED) is 0.384. The summed E-state index contributed by atoms with van der Waals surface area (Å²) in [6, 6.07) is 29.8. The van der Waals surface area contributed by atoms with Gasteiger partial charge in [0.05, 0.1) is 0 Å². The highest BCUT2D eigenvalue weighted by atomic mass is 127. The van der Waals surface area contributed by atoms with Gasteiger partial charge in [-0.3, -0.25) is 0 Å². The summed E-state index contributed by atoms with van der Waals surface area (Å²) in [6.45, 7) is 6.90. The molecule has 0 spiro atoms. The van der Waals surface area contributed by atoms with Crippen LogP contribution >= 0.6 is 22.6 Å². The molecule has 0 radical (unpaired) electrons. The molecule has 25 heavy (non-hydrogen) atoms. The Morgan fingerprint density at radius 3 is 1.68 bits per heavy atom. The normalized spacial score (nSPS) is 12.0. The summed E-state index contributed by atoms with van der Waals surface area (Å²) in [5.41, 5.74) is 0. The zero-order valence-electron chi connectivity index (χ0n) is 14.9. The molecule has 3 heteroatoms. The van der Waals surface area contributed by atoms with E-state index < -0.39 is 8.32 Å². The van der Waals surface area contributed by atoms with E-state index in [2.05, 4.69) is 128 Å². The second kappa shape index (κ2) is 7.34. The third-order valence-corrected chi connectivity index (χ3v) is 10.1. The summed E-state index contributed by atoms with van der Waals surface area (Å²) < 4.78 is 8.14. The van der Waals surface area contributed by atoms with Crippen LogP contribution in [0.2, 0.25) is 5.04 Å². The van der Waals surface area contributed by atoms with Crippen molar-refractivity contribution in [2.45, 2.75) is 25.8 Å². The molecule has 0 aliphatic carbocycles. The van der Waals surface area contributed by atoms with Crippen LogP contribution < -0.4 is 14.8 Å². The molecular formula is C22H23IOSi. The van der Waals surface area contributed by atoms with Gasteiger partial charge in [-0.1, -0.05) is 87.5 Å². The van der Waals surface area contributed by atoms with Crippen molar-refractivity contribution in [3.8, 4) is 5.75 Å².